The first kappa shape index (κ1) is 18.1. The highest BCUT2D eigenvalue weighted by atomic mass is 35.5. The second-order valence-corrected chi connectivity index (χ2v) is 9.35. The fraction of sp³-hybridized carbons (Fsp3) is 0.333. The summed E-state index contributed by atoms with van der Waals surface area (Å²) in [5, 5.41) is -0.307. The Kier molecular flexibility index (Phi) is 3.76. The molecule has 0 spiro atoms. The number of nitrogens with zero attached hydrogens (tertiary/aromatic N) is 1. The molecule has 1 aromatic carbocycles. The maximum Gasteiger partial charge on any atom is 0.240 e. The fourth-order valence-electron chi connectivity index (χ4n) is 3.84. The predicted octanol–water partition coefficient (Wildman–Crippen LogP) is 4.78. The molecule has 0 unspecified atom stereocenters. The van der Waals surface area contributed by atoms with Crippen LogP contribution in [0.4, 0.5) is 10.1 Å². The number of carbonyl (C=O) groups excluding carboxylic acids is 2. The van der Waals surface area contributed by atoms with Crippen molar-refractivity contribution < 1.29 is 14.0 Å². The van der Waals surface area contributed by atoms with Gasteiger partial charge in [0.25, 0.3) is 0 Å². The van der Waals surface area contributed by atoms with E-state index in [9.17, 15) is 14.0 Å². The molecule has 2 amide bonds. The van der Waals surface area contributed by atoms with E-state index in [0.29, 0.717) is 0 Å². The average molecular weight is 464 g/mol. The number of hydrogen-bond donors (Lipinski definition) is 0. The number of carbonyl (C=O) groups is 2. The number of alkyl halides is 4. The lowest BCUT2D eigenvalue weighted by Gasteiger charge is -2.34. The zero-order valence-electron chi connectivity index (χ0n) is 11.9. The van der Waals surface area contributed by atoms with E-state index in [2.05, 4.69) is 0 Å². The summed E-state index contributed by atoms with van der Waals surface area (Å²) in [4.78, 5) is 23.2. The Morgan fingerprint density at radius 2 is 1.24 bits per heavy atom. The highest BCUT2D eigenvalue weighted by molar-refractivity contribution is 6.67. The van der Waals surface area contributed by atoms with Gasteiger partial charge in [0.05, 0.1) is 27.6 Å². The summed E-state index contributed by atoms with van der Waals surface area (Å²) in [7, 11) is 0. The molecule has 3 aliphatic rings. The smallest absolute Gasteiger partial charge is 0.240 e. The summed E-state index contributed by atoms with van der Waals surface area (Å²) in [6, 6.07) is 4.83. The number of fused-ring (bicyclic) bond motifs is 5. The summed E-state index contributed by atoms with van der Waals surface area (Å²) in [6.45, 7) is 0. The van der Waals surface area contributed by atoms with E-state index in [-0.39, 0.29) is 15.8 Å². The van der Waals surface area contributed by atoms with Crippen LogP contribution in [0.3, 0.4) is 0 Å². The zero-order chi connectivity index (χ0) is 18.5. The minimum absolute atomic E-state index is 0.154. The highest BCUT2D eigenvalue weighted by Crippen LogP contribution is 2.77. The molecule has 132 valence electrons. The van der Waals surface area contributed by atoms with E-state index < -0.39 is 43.5 Å². The first-order valence-corrected chi connectivity index (χ1v) is 9.23. The van der Waals surface area contributed by atoms with Gasteiger partial charge in [0.15, 0.2) is 4.33 Å². The van der Waals surface area contributed by atoms with Gasteiger partial charge in [-0.2, -0.15) is 0 Å². The van der Waals surface area contributed by atoms with Gasteiger partial charge in [-0.1, -0.05) is 46.4 Å². The number of anilines is 1. The van der Waals surface area contributed by atoms with Crippen LogP contribution in [0.15, 0.2) is 34.3 Å². The molecule has 4 rings (SSSR count). The molecular weight excluding hydrogens is 458 g/mol. The van der Waals surface area contributed by atoms with Crippen molar-refractivity contribution in [1.29, 1.82) is 0 Å². The van der Waals surface area contributed by atoms with Crippen LogP contribution >= 0.6 is 69.6 Å². The Bertz CT molecular complexity index is 825. The molecular formula is C15H6Cl6FNO2. The summed E-state index contributed by atoms with van der Waals surface area (Å²) in [5.74, 6) is -4.26. The van der Waals surface area contributed by atoms with Gasteiger partial charge in [-0.05, 0) is 24.3 Å². The van der Waals surface area contributed by atoms with Crippen LogP contribution in [0, 0.1) is 17.7 Å². The third kappa shape index (κ3) is 1.77. The number of benzene rings is 1. The number of amides is 2. The van der Waals surface area contributed by atoms with E-state index in [4.69, 9.17) is 69.6 Å². The summed E-state index contributed by atoms with van der Waals surface area (Å²) < 4.78 is 11.2. The van der Waals surface area contributed by atoms with Crippen LogP contribution in [-0.4, -0.2) is 25.9 Å². The largest absolute Gasteiger partial charge is 0.274 e. The number of hydrogen-bond acceptors (Lipinski definition) is 2. The maximum absolute atomic E-state index is 13.2. The summed E-state index contributed by atoms with van der Waals surface area (Å²) >= 11 is 38.3. The molecule has 2 bridgehead atoms. The molecule has 1 heterocycles. The van der Waals surface area contributed by atoms with Crippen molar-refractivity contribution in [2.75, 3.05) is 4.90 Å². The Hall–Kier alpha value is -0.230. The molecule has 3 nitrogen and oxygen atoms in total. The van der Waals surface area contributed by atoms with Gasteiger partial charge < -0.3 is 0 Å². The minimum atomic E-state index is -1.97. The van der Waals surface area contributed by atoms with Crippen LogP contribution in [-0.2, 0) is 9.59 Å². The van der Waals surface area contributed by atoms with E-state index in [0.717, 1.165) is 17.0 Å². The Morgan fingerprint density at radius 1 is 0.840 bits per heavy atom. The van der Waals surface area contributed by atoms with Gasteiger partial charge in [-0.3, -0.25) is 9.59 Å². The molecule has 1 saturated heterocycles. The molecule has 4 atom stereocenters. The van der Waals surface area contributed by atoms with Gasteiger partial charge in [-0.25, -0.2) is 9.29 Å². The molecule has 1 saturated carbocycles. The lowest BCUT2D eigenvalue weighted by molar-refractivity contribution is -0.123. The standard InChI is InChI=1S/C15H6Cl6FNO2/c16-9-10(17)14(19)8-7(13(9,18)15(14,20)21)11(24)23(12(8)25)6-3-1-5(22)2-4-6/h1-4,7-8H/t7-,8+,13-,14-/m0/s1. The van der Waals surface area contributed by atoms with Crippen LogP contribution in [0.5, 0.6) is 0 Å². The van der Waals surface area contributed by atoms with E-state index in [1.807, 2.05) is 0 Å². The van der Waals surface area contributed by atoms with Crippen molar-refractivity contribution in [3.8, 4) is 0 Å². The molecule has 1 aliphatic heterocycles. The lowest BCUT2D eigenvalue weighted by atomic mass is 9.84. The second-order valence-electron chi connectivity index (χ2n) is 6.07. The van der Waals surface area contributed by atoms with E-state index in [1.54, 1.807) is 0 Å². The molecule has 0 aromatic heterocycles. The van der Waals surface area contributed by atoms with Crippen molar-refractivity contribution in [2.45, 2.75) is 14.1 Å². The lowest BCUT2D eigenvalue weighted by Crippen LogP contribution is -2.50. The van der Waals surface area contributed by atoms with Crippen molar-refractivity contribution in [1.82, 2.24) is 0 Å². The number of halogens is 7. The van der Waals surface area contributed by atoms with Crippen molar-refractivity contribution in [3.63, 3.8) is 0 Å². The number of rotatable bonds is 1. The molecule has 0 N–H and O–H groups in total. The van der Waals surface area contributed by atoms with Gasteiger partial charge in [0.1, 0.15) is 15.6 Å². The quantitative estimate of drug-likeness (QED) is 0.444. The second kappa shape index (κ2) is 5.18. The minimum Gasteiger partial charge on any atom is -0.274 e. The van der Waals surface area contributed by atoms with Crippen molar-refractivity contribution >= 4 is 87.1 Å². The first-order valence-electron chi connectivity index (χ1n) is 6.96. The van der Waals surface area contributed by atoms with Crippen LogP contribution < -0.4 is 4.90 Å². The Morgan fingerprint density at radius 3 is 1.64 bits per heavy atom. The van der Waals surface area contributed by atoms with Crippen LogP contribution in [0.25, 0.3) is 0 Å². The fourth-order valence-corrected chi connectivity index (χ4v) is 6.77. The van der Waals surface area contributed by atoms with Crippen molar-refractivity contribution in [3.05, 3.63) is 40.1 Å². The highest BCUT2D eigenvalue weighted by Gasteiger charge is 2.87. The zero-order valence-corrected chi connectivity index (χ0v) is 16.4. The van der Waals surface area contributed by atoms with Crippen LogP contribution in [0.2, 0.25) is 0 Å². The van der Waals surface area contributed by atoms with Crippen molar-refractivity contribution in [2.24, 2.45) is 11.8 Å². The maximum atomic E-state index is 13.2. The molecule has 2 aliphatic carbocycles. The Balaban J connectivity index is 1.90. The van der Waals surface area contributed by atoms with Gasteiger partial charge in [-0.15, -0.1) is 23.2 Å². The first-order chi connectivity index (χ1) is 11.5. The van der Waals surface area contributed by atoms with Crippen LogP contribution in [0.1, 0.15) is 0 Å². The molecule has 1 aromatic rings. The summed E-state index contributed by atoms with van der Waals surface area (Å²) in [5.41, 5.74) is 0.174. The third-order valence-corrected chi connectivity index (χ3v) is 9.25. The monoisotopic (exact) mass is 461 g/mol. The Labute approximate surface area is 171 Å². The van der Waals surface area contributed by atoms with Gasteiger partial charge >= 0.3 is 0 Å². The molecule has 0 radical (unpaired) electrons. The normalized spacial score (nSPS) is 38.8. The number of allylic oxidation sites excluding steroid dienone is 2. The third-order valence-electron chi connectivity index (χ3n) is 4.99. The van der Waals surface area contributed by atoms with E-state index >= 15 is 0 Å². The summed E-state index contributed by atoms with van der Waals surface area (Å²) in [6.07, 6.45) is 0. The molecule has 2 fully saturated rings. The van der Waals surface area contributed by atoms with Gasteiger partial charge in [0.2, 0.25) is 11.8 Å². The van der Waals surface area contributed by atoms with Gasteiger partial charge in [0, 0.05) is 0 Å². The average Bonchev–Trinajstić information content (AvgIpc) is 2.94. The topological polar surface area (TPSA) is 37.4 Å². The number of imide groups is 1. The SMILES string of the molecule is O=C1[C@@H]2[C@H](C(=O)N1c1ccc(F)cc1)[C@]1(Cl)C(Cl)=C(Cl)[C@]2(Cl)C1(Cl)Cl. The molecule has 25 heavy (non-hydrogen) atoms. The predicted molar refractivity (Wildman–Crippen MR) is 96.2 cm³/mol. The molecule has 10 heteroatoms. The van der Waals surface area contributed by atoms with E-state index in [1.165, 1.54) is 12.1 Å².